The van der Waals surface area contributed by atoms with Crippen LogP contribution in [-0.2, 0) is 14.3 Å². The Labute approximate surface area is 94.3 Å². The molecular formula is C10H18N2O4. The van der Waals surface area contributed by atoms with Gasteiger partial charge in [0.15, 0.2) is 0 Å². The van der Waals surface area contributed by atoms with E-state index in [1.54, 1.807) is 20.9 Å². The predicted molar refractivity (Wildman–Crippen MR) is 56.8 cm³/mol. The zero-order chi connectivity index (χ0) is 12.5. The second-order valence-corrected chi connectivity index (χ2v) is 4.69. The van der Waals surface area contributed by atoms with Crippen molar-refractivity contribution in [3.63, 3.8) is 0 Å². The Morgan fingerprint density at radius 3 is 2.44 bits per heavy atom. The van der Waals surface area contributed by atoms with E-state index in [9.17, 15) is 9.59 Å². The summed E-state index contributed by atoms with van der Waals surface area (Å²) >= 11 is 0. The van der Waals surface area contributed by atoms with Gasteiger partial charge in [-0.25, -0.2) is 0 Å². The van der Waals surface area contributed by atoms with Crippen LogP contribution in [0, 0.1) is 5.92 Å². The molecule has 1 rings (SSSR count). The molecule has 1 heterocycles. The fourth-order valence-electron chi connectivity index (χ4n) is 1.77. The number of carboxylic acid groups (broad SMARTS) is 1. The lowest BCUT2D eigenvalue weighted by molar-refractivity contribution is -0.145. The van der Waals surface area contributed by atoms with E-state index < -0.39 is 23.5 Å². The quantitative estimate of drug-likeness (QED) is 0.667. The highest BCUT2D eigenvalue weighted by atomic mass is 16.5. The molecule has 3 N–H and O–H groups in total. The van der Waals surface area contributed by atoms with Crippen molar-refractivity contribution in [2.24, 2.45) is 11.7 Å². The predicted octanol–water partition coefficient (Wildman–Crippen LogP) is -0.718. The molecule has 6 heteroatoms. The number of likely N-dealkylation sites (N-methyl/N-ethyl adjacent to an activating group) is 1. The Balaban J connectivity index is 2.77. The molecule has 1 saturated heterocycles. The first-order chi connectivity index (χ1) is 7.25. The second kappa shape index (κ2) is 4.39. The average Bonchev–Trinajstić information content (AvgIpc) is 2.62. The van der Waals surface area contributed by atoms with Gasteiger partial charge in [0.2, 0.25) is 5.91 Å². The zero-order valence-electron chi connectivity index (χ0n) is 9.77. The molecule has 0 saturated carbocycles. The Morgan fingerprint density at radius 2 is 2.00 bits per heavy atom. The SMILES string of the molecule is CN(C(=O)C(C)(C)N)C1COCC1C(=O)O. The van der Waals surface area contributed by atoms with E-state index in [0.29, 0.717) is 0 Å². The minimum Gasteiger partial charge on any atom is -0.481 e. The lowest BCUT2D eigenvalue weighted by atomic mass is 9.99. The number of nitrogens with zero attached hydrogens (tertiary/aromatic N) is 1. The van der Waals surface area contributed by atoms with Crippen molar-refractivity contribution in [3.8, 4) is 0 Å². The summed E-state index contributed by atoms with van der Waals surface area (Å²) in [5.74, 6) is -1.90. The molecule has 92 valence electrons. The Hall–Kier alpha value is -1.14. The molecule has 1 aliphatic heterocycles. The Bertz CT molecular complexity index is 298. The van der Waals surface area contributed by atoms with Gasteiger partial charge in [-0.15, -0.1) is 0 Å². The third kappa shape index (κ3) is 2.51. The van der Waals surface area contributed by atoms with Gasteiger partial charge < -0.3 is 20.5 Å². The van der Waals surface area contributed by atoms with Crippen LogP contribution < -0.4 is 5.73 Å². The van der Waals surface area contributed by atoms with Crippen LogP contribution in [0.2, 0.25) is 0 Å². The molecule has 2 unspecified atom stereocenters. The molecule has 1 amide bonds. The average molecular weight is 230 g/mol. The molecule has 1 fully saturated rings. The number of hydrogen-bond donors (Lipinski definition) is 2. The maximum atomic E-state index is 11.9. The number of aliphatic carboxylic acids is 1. The molecule has 6 nitrogen and oxygen atoms in total. The maximum absolute atomic E-state index is 11.9. The third-order valence-corrected chi connectivity index (χ3v) is 2.74. The summed E-state index contributed by atoms with van der Waals surface area (Å²) in [5, 5.41) is 8.97. The summed E-state index contributed by atoms with van der Waals surface area (Å²) < 4.78 is 5.10. The minimum absolute atomic E-state index is 0.141. The number of ether oxygens (including phenoxy) is 1. The normalized spacial score (nSPS) is 25.5. The molecule has 0 aliphatic carbocycles. The van der Waals surface area contributed by atoms with Crippen LogP contribution in [0.5, 0.6) is 0 Å². The molecule has 0 aromatic carbocycles. The Morgan fingerprint density at radius 1 is 1.44 bits per heavy atom. The molecule has 0 aromatic heterocycles. The number of carboxylic acids is 1. The highest BCUT2D eigenvalue weighted by Crippen LogP contribution is 2.20. The third-order valence-electron chi connectivity index (χ3n) is 2.74. The van der Waals surface area contributed by atoms with Crippen LogP contribution in [-0.4, -0.2) is 53.7 Å². The van der Waals surface area contributed by atoms with Crippen LogP contribution >= 0.6 is 0 Å². The van der Waals surface area contributed by atoms with Crippen molar-refractivity contribution in [2.45, 2.75) is 25.4 Å². The molecule has 0 spiro atoms. The molecule has 2 atom stereocenters. The summed E-state index contributed by atoms with van der Waals surface area (Å²) in [7, 11) is 1.56. The molecule has 0 aromatic rings. The zero-order valence-corrected chi connectivity index (χ0v) is 9.77. The van der Waals surface area contributed by atoms with E-state index in [-0.39, 0.29) is 19.1 Å². The smallest absolute Gasteiger partial charge is 0.311 e. The first-order valence-electron chi connectivity index (χ1n) is 5.12. The van der Waals surface area contributed by atoms with E-state index in [4.69, 9.17) is 15.6 Å². The van der Waals surface area contributed by atoms with Crippen LogP contribution in [0.4, 0.5) is 0 Å². The lowest BCUT2D eigenvalue weighted by Gasteiger charge is -2.31. The van der Waals surface area contributed by atoms with Gasteiger partial charge in [-0.05, 0) is 13.8 Å². The molecule has 0 bridgehead atoms. The van der Waals surface area contributed by atoms with Crippen molar-refractivity contribution in [1.82, 2.24) is 4.90 Å². The van der Waals surface area contributed by atoms with Gasteiger partial charge >= 0.3 is 5.97 Å². The van der Waals surface area contributed by atoms with Gasteiger partial charge in [-0.1, -0.05) is 0 Å². The summed E-state index contributed by atoms with van der Waals surface area (Å²) in [6.45, 7) is 3.58. The van der Waals surface area contributed by atoms with Crippen molar-refractivity contribution < 1.29 is 19.4 Å². The Kier molecular flexibility index (Phi) is 3.54. The largest absolute Gasteiger partial charge is 0.481 e. The first-order valence-corrected chi connectivity index (χ1v) is 5.12. The fraction of sp³-hybridized carbons (Fsp3) is 0.800. The summed E-state index contributed by atoms with van der Waals surface area (Å²) in [6.07, 6.45) is 0. The van der Waals surface area contributed by atoms with Gasteiger partial charge in [-0.2, -0.15) is 0 Å². The fourth-order valence-corrected chi connectivity index (χ4v) is 1.77. The molecule has 0 radical (unpaired) electrons. The van der Waals surface area contributed by atoms with E-state index in [1.807, 2.05) is 0 Å². The number of amides is 1. The number of carbonyl (C=O) groups excluding carboxylic acids is 1. The highest BCUT2D eigenvalue weighted by Gasteiger charge is 2.40. The van der Waals surface area contributed by atoms with E-state index in [1.165, 1.54) is 4.90 Å². The number of carbonyl (C=O) groups is 2. The standard InChI is InChI=1S/C10H18N2O4/c1-10(2,11)9(15)12(3)7-5-16-4-6(7)8(13)14/h6-7H,4-5,11H2,1-3H3,(H,13,14). The van der Waals surface area contributed by atoms with Crippen LogP contribution in [0.3, 0.4) is 0 Å². The number of nitrogens with two attached hydrogens (primary N) is 1. The van der Waals surface area contributed by atoms with E-state index in [2.05, 4.69) is 0 Å². The van der Waals surface area contributed by atoms with Crippen molar-refractivity contribution in [2.75, 3.05) is 20.3 Å². The van der Waals surface area contributed by atoms with Gasteiger partial charge in [0, 0.05) is 7.05 Å². The lowest BCUT2D eigenvalue weighted by Crippen LogP contribution is -2.55. The monoisotopic (exact) mass is 230 g/mol. The van der Waals surface area contributed by atoms with Gasteiger partial charge in [-0.3, -0.25) is 9.59 Å². The van der Waals surface area contributed by atoms with Gasteiger partial charge in [0.1, 0.15) is 5.92 Å². The summed E-state index contributed by atoms with van der Waals surface area (Å²) in [5.41, 5.74) is 4.69. The highest BCUT2D eigenvalue weighted by molar-refractivity contribution is 5.86. The van der Waals surface area contributed by atoms with Crippen LogP contribution in [0.25, 0.3) is 0 Å². The number of hydrogen-bond acceptors (Lipinski definition) is 4. The van der Waals surface area contributed by atoms with Gasteiger partial charge in [0.05, 0.1) is 24.8 Å². The maximum Gasteiger partial charge on any atom is 0.311 e. The summed E-state index contributed by atoms with van der Waals surface area (Å²) in [6, 6.07) is -0.437. The van der Waals surface area contributed by atoms with Gasteiger partial charge in [0.25, 0.3) is 0 Å². The minimum atomic E-state index is -1.000. The van der Waals surface area contributed by atoms with E-state index in [0.717, 1.165) is 0 Å². The van der Waals surface area contributed by atoms with Crippen LogP contribution in [0.1, 0.15) is 13.8 Å². The van der Waals surface area contributed by atoms with E-state index >= 15 is 0 Å². The van der Waals surface area contributed by atoms with Crippen molar-refractivity contribution in [1.29, 1.82) is 0 Å². The first kappa shape index (κ1) is 12.9. The van der Waals surface area contributed by atoms with Crippen molar-refractivity contribution >= 4 is 11.9 Å². The second-order valence-electron chi connectivity index (χ2n) is 4.69. The molecule has 1 aliphatic rings. The molecular weight excluding hydrogens is 212 g/mol. The summed E-state index contributed by atoms with van der Waals surface area (Å²) in [4.78, 5) is 24.2. The molecule has 16 heavy (non-hydrogen) atoms. The van der Waals surface area contributed by atoms with Crippen LogP contribution in [0.15, 0.2) is 0 Å². The topological polar surface area (TPSA) is 92.9 Å². The number of rotatable bonds is 3. The van der Waals surface area contributed by atoms with Crippen molar-refractivity contribution in [3.05, 3.63) is 0 Å².